The normalized spacial score (nSPS) is 10.6. The van der Waals surface area contributed by atoms with E-state index in [9.17, 15) is 9.18 Å². The number of ether oxygens (including phenoxy) is 1. The number of benzene rings is 2. The molecule has 0 aliphatic rings. The first kappa shape index (κ1) is 20.3. The molecule has 0 bridgehead atoms. The number of carbonyl (C=O) groups excluding carboxylic acids is 1. The summed E-state index contributed by atoms with van der Waals surface area (Å²) in [5, 5.41) is 7.42. The molecule has 7 heteroatoms. The van der Waals surface area contributed by atoms with Crippen molar-refractivity contribution in [3.05, 3.63) is 96.2 Å². The van der Waals surface area contributed by atoms with Gasteiger partial charge in [0.25, 0.3) is 5.91 Å². The number of pyridine rings is 1. The van der Waals surface area contributed by atoms with Gasteiger partial charge in [0, 0.05) is 30.4 Å². The summed E-state index contributed by atoms with van der Waals surface area (Å²) in [5.74, 6) is -0.0163. The van der Waals surface area contributed by atoms with Crippen LogP contribution < -0.4 is 10.1 Å². The number of nitrogens with one attached hydrogen (secondary N) is 1. The highest BCUT2D eigenvalue weighted by Crippen LogP contribution is 2.25. The predicted molar refractivity (Wildman–Crippen MR) is 116 cm³/mol. The second-order valence-electron chi connectivity index (χ2n) is 6.83. The minimum atomic E-state index is -0.399. The van der Waals surface area contributed by atoms with Gasteiger partial charge in [0.15, 0.2) is 0 Å². The van der Waals surface area contributed by atoms with Crippen LogP contribution in [0.3, 0.4) is 0 Å². The average Bonchev–Trinajstić information content (AvgIpc) is 3.25. The SMILES string of the molecule is COc1ccc(-n2nc(-c3ccccc3F)cc2C(=O)NCCc2ccccn2)cc1. The maximum absolute atomic E-state index is 14.3. The molecule has 2 aromatic heterocycles. The molecule has 2 heterocycles. The highest BCUT2D eigenvalue weighted by atomic mass is 19.1. The standard InChI is InChI=1S/C24H21FN4O2/c1-31-19-11-9-18(10-12-19)29-23(16-22(28-29)20-7-2-3-8-21(20)25)24(30)27-15-13-17-6-4-5-14-26-17/h2-12,14,16H,13,15H2,1H3,(H,27,30). The Hall–Kier alpha value is -4.00. The summed E-state index contributed by atoms with van der Waals surface area (Å²) >= 11 is 0. The Morgan fingerprint density at radius 3 is 2.55 bits per heavy atom. The van der Waals surface area contributed by atoms with Gasteiger partial charge in [-0.2, -0.15) is 5.10 Å². The maximum atomic E-state index is 14.3. The molecule has 0 fully saturated rings. The fourth-order valence-electron chi connectivity index (χ4n) is 3.20. The Morgan fingerprint density at radius 1 is 1.06 bits per heavy atom. The largest absolute Gasteiger partial charge is 0.497 e. The molecule has 31 heavy (non-hydrogen) atoms. The van der Waals surface area contributed by atoms with Crippen LogP contribution >= 0.6 is 0 Å². The minimum Gasteiger partial charge on any atom is -0.497 e. The van der Waals surface area contributed by atoms with E-state index in [-0.39, 0.29) is 5.91 Å². The monoisotopic (exact) mass is 416 g/mol. The van der Waals surface area contributed by atoms with Gasteiger partial charge in [-0.1, -0.05) is 18.2 Å². The summed E-state index contributed by atoms with van der Waals surface area (Å²) in [6, 6.07) is 20.8. The number of amides is 1. The molecule has 4 aromatic rings. The zero-order valence-electron chi connectivity index (χ0n) is 17.0. The zero-order chi connectivity index (χ0) is 21.6. The third kappa shape index (κ3) is 4.61. The topological polar surface area (TPSA) is 69.0 Å². The first-order chi connectivity index (χ1) is 15.2. The van der Waals surface area contributed by atoms with Crippen LogP contribution in [0.2, 0.25) is 0 Å². The minimum absolute atomic E-state index is 0.304. The lowest BCUT2D eigenvalue weighted by molar-refractivity contribution is 0.0946. The summed E-state index contributed by atoms with van der Waals surface area (Å²) in [6.07, 6.45) is 2.32. The molecule has 1 N–H and O–H groups in total. The predicted octanol–water partition coefficient (Wildman–Crippen LogP) is 4.05. The summed E-state index contributed by atoms with van der Waals surface area (Å²) in [5.41, 5.74) is 2.57. The molecule has 0 unspecified atom stereocenters. The van der Waals surface area contributed by atoms with Crippen LogP contribution in [0, 0.1) is 5.82 Å². The first-order valence-corrected chi connectivity index (χ1v) is 9.83. The van der Waals surface area contributed by atoms with Crippen LogP contribution in [-0.2, 0) is 6.42 Å². The van der Waals surface area contributed by atoms with Crippen LogP contribution in [0.1, 0.15) is 16.2 Å². The van der Waals surface area contributed by atoms with Crippen molar-refractivity contribution in [2.24, 2.45) is 0 Å². The molecule has 0 saturated carbocycles. The third-order valence-corrected chi connectivity index (χ3v) is 4.80. The number of nitrogens with zero attached hydrogens (tertiary/aromatic N) is 3. The van der Waals surface area contributed by atoms with E-state index in [1.807, 2.05) is 18.2 Å². The fourth-order valence-corrected chi connectivity index (χ4v) is 3.20. The highest BCUT2D eigenvalue weighted by Gasteiger charge is 2.19. The molecular formula is C24H21FN4O2. The molecule has 0 aliphatic carbocycles. The second kappa shape index (κ2) is 9.21. The molecule has 6 nitrogen and oxygen atoms in total. The van der Waals surface area contributed by atoms with Crippen molar-refractivity contribution >= 4 is 5.91 Å². The molecule has 4 rings (SSSR count). The summed E-state index contributed by atoms with van der Waals surface area (Å²) in [4.78, 5) is 17.2. The Balaban J connectivity index is 1.63. The van der Waals surface area contributed by atoms with Gasteiger partial charge in [0.05, 0.1) is 18.5 Å². The van der Waals surface area contributed by atoms with Crippen molar-refractivity contribution in [1.29, 1.82) is 0 Å². The van der Waals surface area contributed by atoms with E-state index in [4.69, 9.17) is 4.74 Å². The molecule has 0 aliphatic heterocycles. The van der Waals surface area contributed by atoms with Crippen molar-refractivity contribution < 1.29 is 13.9 Å². The molecule has 0 saturated heterocycles. The number of hydrogen-bond donors (Lipinski definition) is 1. The Morgan fingerprint density at radius 2 is 1.84 bits per heavy atom. The molecule has 0 spiro atoms. The lowest BCUT2D eigenvalue weighted by Gasteiger charge is -2.09. The zero-order valence-corrected chi connectivity index (χ0v) is 17.0. The summed E-state index contributed by atoms with van der Waals surface area (Å²) in [6.45, 7) is 0.415. The maximum Gasteiger partial charge on any atom is 0.270 e. The van der Waals surface area contributed by atoms with Crippen molar-refractivity contribution in [3.63, 3.8) is 0 Å². The molecule has 0 atom stereocenters. The second-order valence-corrected chi connectivity index (χ2v) is 6.83. The average molecular weight is 416 g/mol. The number of halogens is 1. The number of carbonyl (C=O) groups is 1. The van der Waals surface area contributed by atoms with Gasteiger partial charge in [-0.3, -0.25) is 9.78 Å². The number of rotatable bonds is 7. The van der Waals surface area contributed by atoms with Crippen LogP contribution in [0.15, 0.2) is 79.0 Å². The van der Waals surface area contributed by atoms with E-state index in [0.717, 1.165) is 5.69 Å². The number of methoxy groups -OCH3 is 1. The smallest absolute Gasteiger partial charge is 0.270 e. The van der Waals surface area contributed by atoms with Crippen LogP contribution in [0.4, 0.5) is 4.39 Å². The van der Waals surface area contributed by atoms with Gasteiger partial charge in [0.1, 0.15) is 17.3 Å². The van der Waals surface area contributed by atoms with Gasteiger partial charge in [-0.25, -0.2) is 9.07 Å². The summed E-state index contributed by atoms with van der Waals surface area (Å²) < 4.78 is 21.1. The van der Waals surface area contributed by atoms with Crippen molar-refractivity contribution in [1.82, 2.24) is 20.1 Å². The quantitative estimate of drug-likeness (QED) is 0.493. The first-order valence-electron chi connectivity index (χ1n) is 9.83. The fraction of sp³-hybridized carbons (Fsp3) is 0.125. The van der Waals surface area contributed by atoms with E-state index in [2.05, 4.69) is 15.4 Å². The lowest BCUT2D eigenvalue weighted by Crippen LogP contribution is -2.28. The molecule has 0 radical (unpaired) electrons. The van der Waals surface area contributed by atoms with Crippen LogP contribution in [-0.4, -0.2) is 34.3 Å². The van der Waals surface area contributed by atoms with Crippen LogP contribution in [0.5, 0.6) is 5.75 Å². The highest BCUT2D eigenvalue weighted by molar-refractivity contribution is 5.94. The van der Waals surface area contributed by atoms with E-state index < -0.39 is 5.82 Å². The van der Waals surface area contributed by atoms with Crippen LogP contribution in [0.25, 0.3) is 16.9 Å². The van der Waals surface area contributed by atoms with E-state index >= 15 is 0 Å². The molecule has 156 valence electrons. The van der Waals surface area contributed by atoms with Crippen molar-refractivity contribution in [2.75, 3.05) is 13.7 Å². The Labute approximate surface area is 179 Å². The van der Waals surface area contributed by atoms with Crippen molar-refractivity contribution in [3.8, 4) is 22.7 Å². The van der Waals surface area contributed by atoms with E-state index in [0.29, 0.717) is 41.4 Å². The van der Waals surface area contributed by atoms with Gasteiger partial charge in [-0.05, 0) is 54.6 Å². The Bertz CT molecular complexity index is 1170. The van der Waals surface area contributed by atoms with Crippen molar-refractivity contribution in [2.45, 2.75) is 6.42 Å². The van der Waals surface area contributed by atoms with Gasteiger partial charge < -0.3 is 10.1 Å². The van der Waals surface area contributed by atoms with Gasteiger partial charge >= 0.3 is 0 Å². The third-order valence-electron chi connectivity index (χ3n) is 4.80. The van der Waals surface area contributed by atoms with E-state index in [1.54, 1.807) is 61.8 Å². The molecular weight excluding hydrogens is 395 g/mol. The number of hydrogen-bond acceptors (Lipinski definition) is 4. The molecule has 1 amide bonds. The van der Waals surface area contributed by atoms with E-state index in [1.165, 1.54) is 10.7 Å². The Kier molecular flexibility index (Phi) is 6.03. The summed E-state index contributed by atoms with van der Waals surface area (Å²) in [7, 11) is 1.58. The van der Waals surface area contributed by atoms with Gasteiger partial charge in [-0.15, -0.1) is 0 Å². The molecule has 2 aromatic carbocycles. The lowest BCUT2D eigenvalue weighted by atomic mass is 10.1. The number of aromatic nitrogens is 3. The van der Waals surface area contributed by atoms with Gasteiger partial charge in [0.2, 0.25) is 0 Å².